The van der Waals surface area contributed by atoms with Gasteiger partial charge in [-0.1, -0.05) is 0 Å². The molecule has 0 heterocycles. The summed E-state index contributed by atoms with van der Waals surface area (Å²) < 4.78 is 20.4. The molecule has 13 heavy (non-hydrogen) atoms. The first kappa shape index (κ1) is 13.1. The maximum absolute atomic E-state index is 5.23. The molecule has 2 radical (unpaired) electrons. The van der Waals surface area contributed by atoms with Crippen LogP contribution in [0.1, 0.15) is 0 Å². The van der Waals surface area contributed by atoms with E-state index in [4.69, 9.17) is 18.6 Å². The van der Waals surface area contributed by atoms with Gasteiger partial charge in [-0.05, 0) is 6.55 Å². The molecule has 0 bridgehead atoms. The molecule has 0 fully saturated rings. The molecule has 0 N–H and O–H groups in total. The highest BCUT2D eigenvalue weighted by atomic mass is 28.2. The van der Waals surface area contributed by atoms with Gasteiger partial charge in [0.2, 0.25) is 9.76 Å². The zero-order chi connectivity index (χ0) is 9.78. The van der Waals surface area contributed by atoms with E-state index in [-0.39, 0.29) is 0 Å². The molecule has 0 saturated carbocycles. The Bertz CT molecular complexity index is 82.2. The van der Waals surface area contributed by atoms with E-state index in [1.54, 1.807) is 7.11 Å². The molecule has 0 amide bonds. The normalized spacial score (nSPS) is 10.6. The Kier molecular flexibility index (Phi) is 12.1. The average molecular weight is 206 g/mol. The van der Waals surface area contributed by atoms with E-state index in [2.05, 4.69) is 0 Å². The van der Waals surface area contributed by atoms with Crippen molar-refractivity contribution in [3.8, 4) is 0 Å². The second-order valence-corrected chi connectivity index (χ2v) is 2.97. The van der Waals surface area contributed by atoms with E-state index in [9.17, 15) is 0 Å². The first-order chi connectivity index (χ1) is 6.41. The zero-order valence-corrected chi connectivity index (χ0v) is 9.38. The SMILES string of the molecule is COCCOCCOCCO[Si]C. The van der Waals surface area contributed by atoms with Crippen molar-refractivity contribution < 1.29 is 18.6 Å². The fourth-order valence-corrected chi connectivity index (χ4v) is 0.954. The van der Waals surface area contributed by atoms with Crippen LogP contribution in [0, 0.1) is 0 Å². The minimum absolute atomic E-state index is 0.542. The van der Waals surface area contributed by atoms with Gasteiger partial charge < -0.3 is 18.6 Å². The monoisotopic (exact) mass is 206 g/mol. The van der Waals surface area contributed by atoms with Crippen molar-refractivity contribution >= 4 is 9.76 Å². The van der Waals surface area contributed by atoms with Crippen LogP contribution >= 0.6 is 0 Å². The molecule has 0 rings (SSSR count). The van der Waals surface area contributed by atoms with Gasteiger partial charge in [0.15, 0.2) is 0 Å². The summed E-state index contributed by atoms with van der Waals surface area (Å²) in [4.78, 5) is 0. The van der Waals surface area contributed by atoms with Gasteiger partial charge in [0.1, 0.15) is 0 Å². The third-order valence-electron chi connectivity index (χ3n) is 1.28. The molecule has 0 aliphatic heterocycles. The Hall–Kier alpha value is 0.0569. The molecule has 0 unspecified atom stereocenters. The topological polar surface area (TPSA) is 36.9 Å². The molecule has 0 spiro atoms. The molecular formula is C8H18O4Si. The lowest BCUT2D eigenvalue weighted by Gasteiger charge is -2.05. The van der Waals surface area contributed by atoms with Gasteiger partial charge >= 0.3 is 0 Å². The molecule has 78 valence electrons. The third kappa shape index (κ3) is 12.1. The molecule has 5 heteroatoms. The number of rotatable bonds is 10. The van der Waals surface area contributed by atoms with E-state index in [1.807, 2.05) is 6.55 Å². The molecule has 0 saturated heterocycles. The van der Waals surface area contributed by atoms with Gasteiger partial charge in [-0.25, -0.2) is 0 Å². The van der Waals surface area contributed by atoms with Crippen LogP contribution < -0.4 is 0 Å². The molecule has 4 nitrogen and oxygen atoms in total. The standard InChI is InChI=1S/C8H18O4Si/c1-9-3-4-10-5-6-11-7-8-12-13-2/h3-8H2,1-2H3. The van der Waals surface area contributed by atoms with Crippen LogP contribution in [0.5, 0.6) is 0 Å². The molecule has 0 atom stereocenters. The molecule has 0 aliphatic rings. The summed E-state index contributed by atoms with van der Waals surface area (Å²) in [6, 6.07) is 0. The molecule has 0 aliphatic carbocycles. The van der Waals surface area contributed by atoms with E-state index in [0.717, 1.165) is 0 Å². The summed E-state index contributed by atoms with van der Waals surface area (Å²) in [5, 5.41) is 0. The summed E-state index contributed by atoms with van der Waals surface area (Å²) in [6.45, 7) is 5.83. The number of hydrogen-bond acceptors (Lipinski definition) is 4. The predicted molar refractivity (Wildman–Crippen MR) is 51.1 cm³/mol. The number of ether oxygens (including phenoxy) is 3. The largest absolute Gasteiger partial charge is 0.415 e. The van der Waals surface area contributed by atoms with Crippen molar-refractivity contribution in [1.82, 2.24) is 0 Å². The highest BCUT2D eigenvalue weighted by Gasteiger charge is 1.89. The summed E-state index contributed by atoms with van der Waals surface area (Å²) in [5.41, 5.74) is 0. The Morgan fingerprint density at radius 2 is 1.38 bits per heavy atom. The lowest BCUT2D eigenvalue weighted by atomic mass is 10.7. The minimum Gasteiger partial charge on any atom is -0.415 e. The number of hydrogen-bond donors (Lipinski definition) is 0. The average Bonchev–Trinajstić information content (AvgIpc) is 2.16. The van der Waals surface area contributed by atoms with Gasteiger partial charge in [0.05, 0.1) is 39.6 Å². The number of methoxy groups -OCH3 is 1. The van der Waals surface area contributed by atoms with Crippen LogP contribution in [0.25, 0.3) is 0 Å². The van der Waals surface area contributed by atoms with Gasteiger partial charge in [0, 0.05) is 7.11 Å². The second-order valence-electron chi connectivity index (χ2n) is 2.27. The maximum atomic E-state index is 5.23. The minimum atomic E-state index is 0.542. The van der Waals surface area contributed by atoms with E-state index in [1.165, 1.54) is 0 Å². The fourth-order valence-electron chi connectivity index (χ4n) is 0.667. The summed E-state index contributed by atoms with van der Waals surface area (Å²) >= 11 is 0. The summed E-state index contributed by atoms with van der Waals surface area (Å²) in [6.07, 6.45) is 0. The van der Waals surface area contributed by atoms with Crippen molar-refractivity contribution in [2.24, 2.45) is 0 Å². The van der Waals surface area contributed by atoms with Crippen LogP contribution in [-0.4, -0.2) is 56.5 Å². The summed E-state index contributed by atoms with van der Waals surface area (Å²) in [7, 11) is 2.20. The molecule has 0 aromatic rings. The van der Waals surface area contributed by atoms with E-state index < -0.39 is 0 Å². The zero-order valence-electron chi connectivity index (χ0n) is 8.38. The van der Waals surface area contributed by atoms with Crippen LogP contribution in [-0.2, 0) is 18.6 Å². The van der Waals surface area contributed by atoms with Crippen LogP contribution in [0.15, 0.2) is 0 Å². The lowest BCUT2D eigenvalue weighted by molar-refractivity contribution is 0.0182. The quantitative estimate of drug-likeness (QED) is 0.382. The van der Waals surface area contributed by atoms with Crippen LogP contribution in [0.4, 0.5) is 0 Å². The molecule has 0 aromatic heterocycles. The smallest absolute Gasteiger partial charge is 0.226 e. The predicted octanol–water partition coefficient (Wildman–Crippen LogP) is 0.350. The summed E-state index contributed by atoms with van der Waals surface area (Å²) in [5.74, 6) is 0. The van der Waals surface area contributed by atoms with Crippen molar-refractivity contribution in [3.05, 3.63) is 0 Å². The third-order valence-corrected chi connectivity index (χ3v) is 1.77. The van der Waals surface area contributed by atoms with E-state index in [0.29, 0.717) is 49.4 Å². The van der Waals surface area contributed by atoms with Crippen molar-refractivity contribution in [3.63, 3.8) is 0 Å². The first-order valence-electron chi connectivity index (χ1n) is 4.34. The highest BCUT2D eigenvalue weighted by molar-refractivity contribution is 6.24. The van der Waals surface area contributed by atoms with Gasteiger partial charge in [-0.2, -0.15) is 0 Å². The molecule has 0 aromatic carbocycles. The van der Waals surface area contributed by atoms with Crippen LogP contribution in [0.3, 0.4) is 0 Å². The maximum Gasteiger partial charge on any atom is 0.226 e. The Balaban J connectivity index is 2.76. The van der Waals surface area contributed by atoms with Gasteiger partial charge in [-0.3, -0.25) is 0 Å². The first-order valence-corrected chi connectivity index (χ1v) is 5.75. The fraction of sp³-hybridized carbons (Fsp3) is 1.00. The lowest BCUT2D eigenvalue weighted by Crippen LogP contribution is -2.11. The Morgan fingerprint density at radius 1 is 0.846 bits per heavy atom. The Labute approximate surface area is 82.4 Å². The Morgan fingerprint density at radius 3 is 1.92 bits per heavy atom. The van der Waals surface area contributed by atoms with Crippen molar-refractivity contribution in [2.75, 3.05) is 46.8 Å². The van der Waals surface area contributed by atoms with Crippen molar-refractivity contribution in [2.45, 2.75) is 6.55 Å². The van der Waals surface area contributed by atoms with Gasteiger partial charge in [0.25, 0.3) is 0 Å². The second kappa shape index (κ2) is 12.1. The van der Waals surface area contributed by atoms with Crippen molar-refractivity contribution in [1.29, 1.82) is 0 Å². The van der Waals surface area contributed by atoms with E-state index >= 15 is 0 Å². The molecular weight excluding hydrogens is 188 g/mol. The van der Waals surface area contributed by atoms with Gasteiger partial charge in [-0.15, -0.1) is 0 Å². The highest BCUT2D eigenvalue weighted by Crippen LogP contribution is 1.80. The van der Waals surface area contributed by atoms with Crippen LogP contribution in [0.2, 0.25) is 6.55 Å².